The number of alkyl carbamates (subject to hydrolysis) is 1. The number of carbonyl (C=O) groups is 3. The summed E-state index contributed by atoms with van der Waals surface area (Å²) < 4.78 is 6.79. The zero-order valence-corrected chi connectivity index (χ0v) is 17.8. The topological polar surface area (TPSA) is 132 Å². The molecule has 33 heavy (non-hydrogen) atoms. The minimum absolute atomic E-state index is 0.00774. The molecule has 1 aliphatic carbocycles. The van der Waals surface area contributed by atoms with Gasteiger partial charge in [-0.05, 0) is 22.3 Å². The number of nitrogens with zero attached hydrogens (tertiary/aromatic N) is 2. The number of aliphatic carboxylic acids is 1. The molecule has 1 aromatic heterocycles. The molecule has 1 heterocycles. The Balaban J connectivity index is 1.36. The molecular weight excluding hydrogens is 428 g/mol. The average molecular weight is 450 g/mol. The molecule has 2 amide bonds. The van der Waals surface area contributed by atoms with Crippen LogP contribution in [0.2, 0.25) is 0 Å². The van der Waals surface area contributed by atoms with E-state index in [-0.39, 0.29) is 24.8 Å². The number of rotatable bonds is 8. The number of carboxylic acid groups (broad SMARTS) is 1. The molecule has 10 heteroatoms. The van der Waals surface area contributed by atoms with Crippen LogP contribution in [-0.2, 0) is 28.0 Å². The van der Waals surface area contributed by atoms with Crippen molar-refractivity contribution in [1.29, 1.82) is 0 Å². The van der Waals surface area contributed by atoms with Crippen LogP contribution in [-0.4, -0.2) is 46.1 Å². The van der Waals surface area contributed by atoms with Gasteiger partial charge >= 0.3 is 12.1 Å². The number of carboxylic acids is 1. The zero-order chi connectivity index (χ0) is 23.4. The molecule has 0 unspecified atom stereocenters. The maximum Gasteiger partial charge on any atom is 0.407 e. The van der Waals surface area contributed by atoms with Crippen LogP contribution in [0, 0.1) is 0 Å². The summed E-state index contributed by atoms with van der Waals surface area (Å²) in [4.78, 5) is 39.8. The van der Waals surface area contributed by atoms with Crippen molar-refractivity contribution < 1.29 is 29.1 Å². The highest BCUT2D eigenvalue weighted by Crippen LogP contribution is 2.44. The lowest BCUT2D eigenvalue weighted by Gasteiger charge is -2.14. The third-order valence-corrected chi connectivity index (χ3v) is 5.36. The number of fused-ring (bicyclic) bond motifs is 3. The molecule has 170 valence electrons. The van der Waals surface area contributed by atoms with E-state index in [1.165, 1.54) is 10.9 Å². The van der Waals surface area contributed by atoms with Gasteiger partial charge in [0.25, 0.3) is 5.91 Å². The lowest BCUT2D eigenvalue weighted by Crippen LogP contribution is -2.31. The van der Waals surface area contributed by atoms with Crippen LogP contribution < -0.4 is 10.8 Å². The quantitative estimate of drug-likeness (QED) is 0.448. The number of benzene rings is 2. The molecule has 0 aliphatic heterocycles. The summed E-state index contributed by atoms with van der Waals surface area (Å²) in [5.74, 6) is -1.97. The number of aromatic nitrogens is 2. The van der Waals surface area contributed by atoms with E-state index in [1.807, 2.05) is 41.9 Å². The van der Waals surface area contributed by atoms with E-state index in [9.17, 15) is 14.4 Å². The normalized spacial score (nSPS) is 12.0. The van der Waals surface area contributed by atoms with E-state index in [4.69, 9.17) is 9.84 Å². The Hall–Kier alpha value is -4.18. The highest BCUT2D eigenvalue weighted by molar-refractivity contribution is 5.93. The molecule has 0 radical (unpaired) electrons. The van der Waals surface area contributed by atoms with E-state index in [2.05, 4.69) is 27.4 Å². The van der Waals surface area contributed by atoms with Crippen LogP contribution in [0.15, 0.2) is 54.7 Å². The maximum atomic E-state index is 12.4. The fourth-order valence-corrected chi connectivity index (χ4v) is 3.93. The average Bonchev–Trinajstić information content (AvgIpc) is 3.33. The van der Waals surface area contributed by atoms with Crippen LogP contribution >= 0.6 is 0 Å². The van der Waals surface area contributed by atoms with Gasteiger partial charge in [0.2, 0.25) is 0 Å². The lowest BCUT2D eigenvalue weighted by atomic mass is 9.98. The van der Waals surface area contributed by atoms with Crippen LogP contribution in [0.25, 0.3) is 11.1 Å². The van der Waals surface area contributed by atoms with Crippen molar-refractivity contribution in [2.24, 2.45) is 7.05 Å². The summed E-state index contributed by atoms with van der Waals surface area (Å²) in [6.45, 7) is -0.521. The van der Waals surface area contributed by atoms with Crippen LogP contribution in [0.3, 0.4) is 0 Å². The minimum Gasteiger partial charge on any atom is -0.479 e. The Bertz CT molecular complexity index is 1160. The van der Waals surface area contributed by atoms with Gasteiger partial charge in [0.15, 0.2) is 6.61 Å². The first-order chi connectivity index (χ1) is 16.0. The van der Waals surface area contributed by atoms with Crippen molar-refractivity contribution in [2.45, 2.75) is 12.5 Å². The van der Waals surface area contributed by atoms with Gasteiger partial charge in [0, 0.05) is 18.5 Å². The molecule has 1 aliphatic rings. The number of amides is 2. The van der Waals surface area contributed by atoms with Gasteiger partial charge in [-0.2, -0.15) is 5.10 Å². The summed E-state index contributed by atoms with van der Waals surface area (Å²) in [6, 6.07) is 16.1. The first-order valence-corrected chi connectivity index (χ1v) is 10.2. The van der Waals surface area contributed by atoms with Crippen LogP contribution in [0.5, 0.6) is 0 Å². The van der Waals surface area contributed by atoms with E-state index in [0.29, 0.717) is 5.56 Å². The number of hydrogen-bond acceptors (Lipinski definition) is 6. The Morgan fingerprint density at radius 1 is 1.06 bits per heavy atom. The summed E-state index contributed by atoms with van der Waals surface area (Å²) in [6.07, 6.45) is 0.796. The molecule has 2 aromatic carbocycles. The number of aryl methyl sites for hydroxylation is 1. The van der Waals surface area contributed by atoms with E-state index in [0.717, 1.165) is 22.3 Å². The second kappa shape index (κ2) is 9.53. The fourth-order valence-electron chi connectivity index (χ4n) is 3.93. The molecule has 3 aromatic rings. The number of ether oxygens (including phenoxy) is 1. The third-order valence-electron chi connectivity index (χ3n) is 5.36. The van der Waals surface area contributed by atoms with Crippen LogP contribution in [0.1, 0.15) is 33.1 Å². The minimum atomic E-state index is -1.22. The number of nitrogens with one attached hydrogen (secondary N) is 2. The summed E-state index contributed by atoms with van der Waals surface area (Å²) in [5, 5.41) is 15.2. The van der Waals surface area contributed by atoms with Gasteiger partial charge in [-0.15, -0.1) is 0 Å². The smallest absolute Gasteiger partial charge is 0.407 e. The van der Waals surface area contributed by atoms with Crippen molar-refractivity contribution in [1.82, 2.24) is 20.6 Å². The molecule has 0 saturated carbocycles. The first kappa shape index (κ1) is 22.0. The summed E-state index contributed by atoms with van der Waals surface area (Å²) in [5.41, 5.74) is 7.08. The Labute approximate surface area is 189 Å². The Morgan fingerprint density at radius 2 is 1.70 bits per heavy atom. The first-order valence-electron chi connectivity index (χ1n) is 10.2. The van der Waals surface area contributed by atoms with Crippen molar-refractivity contribution >= 4 is 18.0 Å². The molecular formula is C23H22N4O6. The highest BCUT2D eigenvalue weighted by atomic mass is 16.7. The van der Waals surface area contributed by atoms with Crippen molar-refractivity contribution in [2.75, 3.05) is 13.2 Å². The van der Waals surface area contributed by atoms with Crippen molar-refractivity contribution in [3.05, 3.63) is 77.1 Å². The second-order valence-electron chi connectivity index (χ2n) is 7.43. The fraction of sp³-hybridized carbons (Fsp3) is 0.217. The Kier molecular flexibility index (Phi) is 6.36. The molecule has 0 atom stereocenters. The molecule has 4 rings (SSSR count). The van der Waals surface area contributed by atoms with Gasteiger partial charge in [-0.1, -0.05) is 48.5 Å². The molecule has 10 nitrogen and oxygen atoms in total. The predicted molar refractivity (Wildman–Crippen MR) is 116 cm³/mol. The maximum absolute atomic E-state index is 12.4. The highest BCUT2D eigenvalue weighted by Gasteiger charge is 2.29. The van der Waals surface area contributed by atoms with Gasteiger partial charge in [0.05, 0.1) is 12.7 Å². The zero-order valence-electron chi connectivity index (χ0n) is 17.8. The largest absolute Gasteiger partial charge is 0.479 e. The molecule has 0 saturated heterocycles. The molecule has 0 fully saturated rings. The molecule has 0 spiro atoms. The van der Waals surface area contributed by atoms with Crippen LogP contribution in [0.4, 0.5) is 4.79 Å². The lowest BCUT2D eigenvalue weighted by molar-refractivity contribution is -0.144. The van der Waals surface area contributed by atoms with Crippen molar-refractivity contribution in [3.8, 4) is 11.1 Å². The van der Waals surface area contributed by atoms with Gasteiger partial charge in [-0.3, -0.25) is 14.3 Å². The monoisotopic (exact) mass is 450 g/mol. The van der Waals surface area contributed by atoms with Gasteiger partial charge in [-0.25, -0.2) is 15.1 Å². The van der Waals surface area contributed by atoms with E-state index in [1.54, 1.807) is 7.05 Å². The SMILES string of the molecule is Cn1ncc(CNC(=O)OCC2c3ccccc3-c3ccccc32)c1C(=O)NOCC(=O)O. The third kappa shape index (κ3) is 4.70. The molecule has 0 bridgehead atoms. The number of carbonyl (C=O) groups excluding carboxylic acids is 2. The summed E-state index contributed by atoms with van der Waals surface area (Å²) in [7, 11) is 1.54. The second-order valence-corrected chi connectivity index (χ2v) is 7.43. The van der Waals surface area contributed by atoms with E-state index >= 15 is 0 Å². The van der Waals surface area contributed by atoms with Gasteiger partial charge in [0.1, 0.15) is 12.3 Å². The standard InChI is InChI=1S/C23H22N4O6/c1-27-21(22(30)26-33-13-20(28)29)14(11-25-27)10-24-23(31)32-12-19-17-8-4-2-6-15(17)16-7-3-5-9-18(16)19/h2-9,11,19H,10,12-13H2,1H3,(H,24,31)(H,26,30)(H,28,29). The predicted octanol–water partition coefficient (Wildman–Crippen LogP) is 2.20. The number of hydroxylamine groups is 1. The van der Waals surface area contributed by atoms with Crippen molar-refractivity contribution in [3.63, 3.8) is 0 Å². The van der Waals surface area contributed by atoms with E-state index < -0.39 is 24.6 Å². The van der Waals surface area contributed by atoms with Gasteiger partial charge < -0.3 is 15.2 Å². The molecule has 3 N–H and O–H groups in total. The number of hydrogen-bond donors (Lipinski definition) is 3. The summed E-state index contributed by atoms with van der Waals surface area (Å²) >= 11 is 0. The Morgan fingerprint density at radius 3 is 2.33 bits per heavy atom.